The van der Waals surface area contributed by atoms with Gasteiger partial charge in [-0.25, -0.2) is 0 Å². The number of aryl methyl sites for hydroxylation is 2. The molecule has 0 N–H and O–H groups in total. The molecule has 0 spiro atoms. The Hall–Kier alpha value is -2.08. The van der Waals surface area contributed by atoms with Crippen molar-refractivity contribution in [3.8, 4) is 0 Å². The van der Waals surface area contributed by atoms with Crippen LogP contribution in [0.3, 0.4) is 0 Å². The number of carbonyl (C=O) groups excluding carboxylic acids is 1. The van der Waals surface area contributed by atoms with E-state index in [0.29, 0.717) is 13.2 Å². The summed E-state index contributed by atoms with van der Waals surface area (Å²) in [7, 11) is 5.76. The van der Waals surface area contributed by atoms with E-state index < -0.39 is 0 Å². The fourth-order valence-electron chi connectivity index (χ4n) is 3.21. The van der Waals surface area contributed by atoms with E-state index in [1.807, 2.05) is 61.8 Å². The van der Waals surface area contributed by atoms with Crippen molar-refractivity contribution >= 4 is 5.91 Å². The van der Waals surface area contributed by atoms with Crippen molar-refractivity contribution < 1.29 is 9.53 Å². The van der Waals surface area contributed by atoms with Crippen molar-refractivity contribution in [1.29, 1.82) is 0 Å². The average molecular weight is 316 g/mol. The van der Waals surface area contributed by atoms with Gasteiger partial charge in [-0.05, 0) is 25.5 Å². The second-order valence-electron chi connectivity index (χ2n) is 6.30. The highest BCUT2D eigenvalue weighted by atomic mass is 16.5. The summed E-state index contributed by atoms with van der Waals surface area (Å²) in [6.07, 6.45) is 4.39. The van der Waals surface area contributed by atoms with Crippen LogP contribution >= 0.6 is 0 Å². The molecule has 0 aliphatic carbocycles. The third-order valence-electron chi connectivity index (χ3n) is 4.82. The lowest BCUT2D eigenvalue weighted by Crippen LogP contribution is -2.34. The van der Waals surface area contributed by atoms with Crippen molar-refractivity contribution in [3.63, 3.8) is 0 Å². The summed E-state index contributed by atoms with van der Waals surface area (Å²) in [5.41, 5.74) is 3.20. The van der Waals surface area contributed by atoms with Crippen LogP contribution in [0.15, 0.2) is 24.5 Å². The highest BCUT2D eigenvalue weighted by molar-refractivity contribution is 5.79. The zero-order chi connectivity index (χ0) is 16.6. The fourth-order valence-corrected chi connectivity index (χ4v) is 3.21. The monoisotopic (exact) mass is 316 g/mol. The Morgan fingerprint density at radius 1 is 1.48 bits per heavy atom. The van der Waals surface area contributed by atoms with Crippen molar-refractivity contribution in [2.45, 2.75) is 26.0 Å². The van der Waals surface area contributed by atoms with Crippen LogP contribution in [0.4, 0.5) is 0 Å². The third kappa shape index (κ3) is 2.91. The molecule has 0 bridgehead atoms. The molecule has 1 saturated heterocycles. The molecule has 3 rings (SSSR count). The number of rotatable bonds is 4. The Bertz CT molecular complexity index is 703. The molecule has 3 heterocycles. The Morgan fingerprint density at radius 2 is 2.26 bits per heavy atom. The molecule has 0 unspecified atom stereocenters. The first-order valence-electron chi connectivity index (χ1n) is 7.94. The lowest BCUT2D eigenvalue weighted by molar-refractivity contribution is -0.136. The highest BCUT2D eigenvalue weighted by Gasteiger charge is 2.38. The van der Waals surface area contributed by atoms with E-state index in [2.05, 4.69) is 5.10 Å². The molecule has 0 radical (unpaired) electrons. The molecule has 6 heteroatoms. The quantitative estimate of drug-likeness (QED) is 0.864. The molecular formula is C17H24N4O2. The first kappa shape index (κ1) is 15.8. The SMILES string of the molecule is Cc1c([C@H]2OCC[C@@H]2C(=O)N(C)Cc2cccn2C)cnn1C. The van der Waals surface area contributed by atoms with E-state index in [-0.39, 0.29) is 17.9 Å². The minimum absolute atomic E-state index is 0.136. The van der Waals surface area contributed by atoms with Gasteiger partial charge in [-0.3, -0.25) is 9.48 Å². The minimum Gasteiger partial charge on any atom is -0.373 e. The summed E-state index contributed by atoms with van der Waals surface area (Å²) in [5, 5.41) is 4.28. The van der Waals surface area contributed by atoms with E-state index in [0.717, 1.165) is 23.4 Å². The van der Waals surface area contributed by atoms with Gasteiger partial charge in [-0.1, -0.05) is 0 Å². The van der Waals surface area contributed by atoms with Gasteiger partial charge in [0.15, 0.2) is 0 Å². The number of amides is 1. The molecule has 1 amide bonds. The maximum Gasteiger partial charge on any atom is 0.228 e. The molecule has 2 aromatic heterocycles. The van der Waals surface area contributed by atoms with Crippen molar-refractivity contribution in [2.24, 2.45) is 20.0 Å². The topological polar surface area (TPSA) is 52.3 Å². The Balaban J connectivity index is 1.75. The second-order valence-corrected chi connectivity index (χ2v) is 6.30. The number of aromatic nitrogens is 3. The van der Waals surface area contributed by atoms with Crippen LogP contribution in [0, 0.1) is 12.8 Å². The molecule has 2 atom stereocenters. The molecule has 0 saturated carbocycles. The van der Waals surface area contributed by atoms with Gasteiger partial charge in [0.05, 0.1) is 24.8 Å². The predicted octanol–water partition coefficient (Wildman–Crippen LogP) is 1.80. The molecule has 0 aromatic carbocycles. The summed E-state index contributed by atoms with van der Waals surface area (Å²) in [4.78, 5) is 14.7. The first-order valence-corrected chi connectivity index (χ1v) is 7.94. The zero-order valence-corrected chi connectivity index (χ0v) is 14.2. The smallest absolute Gasteiger partial charge is 0.228 e. The normalized spacial score (nSPS) is 20.9. The lowest BCUT2D eigenvalue weighted by Gasteiger charge is -2.24. The van der Waals surface area contributed by atoms with Crippen LogP contribution in [0.25, 0.3) is 0 Å². The summed E-state index contributed by atoms with van der Waals surface area (Å²) < 4.78 is 9.73. The standard InChI is InChI=1S/C17H24N4O2/c1-12-15(10-18-21(12)4)16-14(7-9-23-16)17(22)20(3)11-13-6-5-8-19(13)2/h5-6,8,10,14,16H,7,9,11H2,1-4H3/t14-,16-/m0/s1. The summed E-state index contributed by atoms with van der Waals surface area (Å²) in [6, 6.07) is 4.03. The van der Waals surface area contributed by atoms with Gasteiger partial charge in [0.2, 0.25) is 5.91 Å². The van der Waals surface area contributed by atoms with E-state index in [4.69, 9.17) is 4.74 Å². The average Bonchev–Trinajstić information content (AvgIpc) is 3.22. The number of hydrogen-bond acceptors (Lipinski definition) is 3. The van der Waals surface area contributed by atoms with Gasteiger partial charge >= 0.3 is 0 Å². The van der Waals surface area contributed by atoms with Crippen LogP contribution in [-0.4, -0.2) is 38.8 Å². The molecule has 1 aliphatic heterocycles. The number of nitrogens with zero attached hydrogens (tertiary/aromatic N) is 4. The molecule has 6 nitrogen and oxygen atoms in total. The summed E-state index contributed by atoms with van der Waals surface area (Å²) >= 11 is 0. The summed E-state index contributed by atoms with van der Waals surface area (Å²) in [5.74, 6) is 0.000112. The second kappa shape index (κ2) is 6.20. The maximum atomic E-state index is 12.9. The Kier molecular flexibility index (Phi) is 4.26. The Labute approximate surface area is 136 Å². The molecule has 23 heavy (non-hydrogen) atoms. The minimum atomic E-state index is -0.188. The lowest BCUT2D eigenvalue weighted by atomic mass is 9.94. The number of hydrogen-bond donors (Lipinski definition) is 0. The van der Waals surface area contributed by atoms with E-state index >= 15 is 0 Å². The van der Waals surface area contributed by atoms with E-state index in [9.17, 15) is 4.79 Å². The van der Waals surface area contributed by atoms with Gasteiger partial charge in [0.25, 0.3) is 0 Å². The van der Waals surface area contributed by atoms with Crippen molar-refractivity contribution in [3.05, 3.63) is 41.5 Å². The molecular weight excluding hydrogens is 292 g/mol. The van der Waals surface area contributed by atoms with Crippen LogP contribution in [0.5, 0.6) is 0 Å². The number of carbonyl (C=O) groups is 1. The molecule has 1 aliphatic rings. The van der Waals surface area contributed by atoms with Gasteiger partial charge in [-0.2, -0.15) is 5.10 Å². The van der Waals surface area contributed by atoms with Gasteiger partial charge < -0.3 is 14.2 Å². The van der Waals surface area contributed by atoms with E-state index in [1.54, 1.807) is 4.90 Å². The van der Waals surface area contributed by atoms with Crippen molar-refractivity contribution in [1.82, 2.24) is 19.2 Å². The largest absolute Gasteiger partial charge is 0.373 e. The van der Waals surface area contributed by atoms with Crippen molar-refractivity contribution in [2.75, 3.05) is 13.7 Å². The molecule has 2 aromatic rings. The van der Waals surface area contributed by atoms with Crippen LogP contribution < -0.4 is 0 Å². The molecule has 1 fully saturated rings. The van der Waals surface area contributed by atoms with E-state index in [1.165, 1.54) is 0 Å². The van der Waals surface area contributed by atoms with Gasteiger partial charge in [0, 0.05) is 50.9 Å². The first-order chi connectivity index (χ1) is 11.0. The third-order valence-corrected chi connectivity index (χ3v) is 4.82. The van der Waals surface area contributed by atoms with Crippen LogP contribution in [0.1, 0.15) is 29.5 Å². The van der Waals surface area contributed by atoms with Crippen LogP contribution in [0.2, 0.25) is 0 Å². The Morgan fingerprint density at radius 3 is 2.87 bits per heavy atom. The summed E-state index contributed by atoms with van der Waals surface area (Å²) in [6.45, 7) is 3.24. The number of ether oxygens (including phenoxy) is 1. The predicted molar refractivity (Wildman–Crippen MR) is 86.6 cm³/mol. The van der Waals surface area contributed by atoms with Gasteiger partial charge in [-0.15, -0.1) is 0 Å². The highest BCUT2D eigenvalue weighted by Crippen LogP contribution is 2.37. The maximum absolute atomic E-state index is 12.9. The fraction of sp³-hybridized carbons (Fsp3) is 0.529. The molecule has 124 valence electrons. The van der Waals surface area contributed by atoms with Gasteiger partial charge in [0.1, 0.15) is 0 Å². The zero-order valence-electron chi connectivity index (χ0n) is 14.2. The van der Waals surface area contributed by atoms with Crippen LogP contribution in [-0.2, 0) is 30.2 Å².